The smallest absolute Gasteiger partial charge is 0.421 e. The number of rotatable bonds is 3. The van der Waals surface area contributed by atoms with E-state index in [4.69, 9.17) is 5.73 Å². The molecule has 0 aliphatic rings. The van der Waals surface area contributed by atoms with Crippen LogP contribution in [0.15, 0.2) is 24.3 Å². The highest BCUT2D eigenvalue weighted by atomic mass is 19.4. The van der Waals surface area contributed by atoms with Gasteiger partial charge in [0.1, 0.15) is 5.82 Å². The van der Waals surface area contributed by atoms with Gasteiger partial charge >= 0.3 is 12.1 Å². The van der Waals surface area contributed by atoms with Crippen LogP contribution in [0.5, 0.6) is 0 Å². The molecule has 18 heavy (non-hydrogen) atoms. The summed E-state index contributed by atoms with van der Waals surface area (Å²) in [5.41, 5.74) is 1.06. The molecule has 0 aromatic heterocycles. The van der Waals surface area contributed by atoms with Gasteiger partial charge in [-0.2, -0.15) is 13.2 Å². The SMILES string of the molecule is CCOC(=O)C(N)(c1cccc(F)c1)C(F)(F)F. The Bertz CT molecular complexity index is 447. The quantitative estimate of drug-likeness (QED) is 0.672. The minimum absolute atomic E-state index is 0.261. The van der Waals surface area contributed by atoms with Crippen molar-refractivity contribution >= 4 is 5.97 Å². The van der Waals surface area contributed by atoms with E-state index >= 15 is 0 Å². The molecular weight excluding hydrogens is 254 g/mol. The molecule has 0 saturated carbocycles. The van der Waals surface area contributed by atoms with Crippen LogP contribution in [0.1, 0.15) is 12.5 Å². The molecule has 0 aliphatic carbocycles. The van der Waals surface area contributed by atoms with Crippen LogP contribution in [-0.4, -0.2) is 18.8 Å². The maximum absolute atomic E-state index is 13.0. The Kier molecular flexibility index (Phi) is 3.95. The second-order valence-electron chi connectivity index (χ2n) is 3.54. The fourth-order valence-corrected chi connectivity index (χ4v) is 1.38. The third-order valence-corrected chi connectivity index (χ3v) is 2.32. The predicted molar refractivity (Wildman–Crippen MR) is 55.0 cm³/mol. The van der Waals surface area contributed by atoms with E-state index in [9.17, 15) is 22.4 Å². The molecule has 100 valence electrons. The maximum Gasteiger partial charge on any atom is 0.421 e. The Morgan fingerprint density at radius 3 is 2.44 bits per heavy atom. The summed E-state index contributed by atoms with van der Waals surface area (Å²) >= 11 is 0. The molecule has 7 heteroatoms. The second-order valence-corrected chi connectivity index (χ2v) is 3.54. The van der Waals surface area contributed by atoms with Crippen LogP contribution in [0.4, 0.5) is 17.6 Å². The van der Waals surface area contributed by atoms with Crippen molar-refractivity contribution in [2.24, 2.45) is 5.73 Å². The number of carbonyl (C=O) groups excluding carboxylic acids is 1. The van der Waals surface area contributed by atoms with Crippen LogP contribution in [0.25, 0.3) is 0 Å². The summed E-state index contributed by atoms with van der Waals surface area (Å²) in [5.74, 6) is -2.58. The number of halogens is 4. The first-order valence-corrected chi connectivity index (χ1v) is 5.02. The monoisotopic (exact) mass is 265 g/mol. The Morgan fingerprint density at radius 2 is 2.00 bits per heavy atom. The molecule has 0 amide bonds. The lowest BCUT2D eigenvalue weighted by atomic mass is 9.90. The molecule has 1 rings (SSSR count). The van der Waals surface area contributed by atoms with E-state index in [0.29, 0.717) is 6.07 Å². The summed E-state index contributed by atoms with van der Waals surface area (Å²) in [6.07, 6.45) is -5.09. The molecule has 1 aromatic rings. The number of nitrogens with two attached hydrogens (primary N) is 1. The Balaban J connectivity index is 3.34. The van der Waals surface area contributed by atoms with Gasteiger partial charge in [0.05, 0.1) is 6.61 Å². The molecule has 0 spiro atoms. The average molecular weight is 265 g/mol. The third-order valence-electron chi connectivity index (χ3n) is 2.32. The van der Waals surface area contributed by atoms with E-state index in [1.807, 2.05) is 0 Å². The second kappa shape index (κ2) is 4.93. The summed E-state index contributed by atoms with van der Waals surface area (Å²) in [6.45, 7) is 1.09. The maximum atomic E-state index is 13.0. The van der Waals surface area contributed by atoms with Gasteiger partial charge in [-0.25, -0.2) is 9.18 Å². The highest BCUT2D eigenvalue weighted by Crippen LogP contribution is 2.38. The van der Waals surface area contributed by atoms with Gasteiger partial charge in [0.2, 0.25) is 5.54 Å². The number of esters is 1. The highest BCUT2D eigenvalue weighted by molar-refractivity contribution is 5.83. The Morgan fingerprint density at radius 1 is 1.39 bits per heavy atom. The van der Waals surface area contributed by atoms with Gasteiger partial charge in [-0.3, -0.25) is 0 Å². The molecule has 0 fully saturated rings. The molecular formula is C11H11F4NO2. The van der Waals surface area contributed by atoms with Gasteiger partial charge in [-0.15, -0.1) is 0 Å². The van der Waals surface area contributed by atoms with Crippen LogP contribution < -0.4 is 5.73 Å². The molecule has 0 saturated heterocycles. The van der Waals surface area contributed by atoms with Gasteiger partial charge in [0.15, 0.2) is 0 Å². The minimum atomic E-state index is -5.09. The van der Waals surface area contributed by atoms with Gasteiger partial charge in [0, 0.05) is 0 Å². The van der Waals surface area contributed by atoms with Crippen LogP contribution in [0.3, 0.4) is 0 Å². The third kappa shape index (κ3) is 2.45. The van der Waals surface area contributed by atoms with Crippen molar-refractivity contribution in [3.8, 4) is 0 Å². The van der Waals surface area contributed by atoms with Crippen LogP contribution in [-0.2, 0) is 15.1 Å². The molecule has 0 aliphatic heterocycles. The van der Waals surface area contributed by atoms with Gasteiger partial charge < -0.3 is 10.5 Å². The number of hydrogen-bond acceptors (Lipinski definition) is 3. The number of carbonyl (C=O) groups is 1. The zero-order valence-electron chi connectivity index (χ0n) is 9.42. The van der Waals surface area contributed by atoms with Crippen molar-refractivity contribution in [2.75, 3.05) is 6.61 Å². The lowest BCUT2D eigenvalue weighted by molar-refractivity contribution is -0.208. The summed E-state index contributed by atoms with van der Waals surface area (Å²) in [6, 6.07) is 3.47. The topological polar surface area (TPSA) is 52.3 Å². The Hall–Kier alpha value is -1.63. The average Bonchev–Trinajstić information content (AvgIpc) is 2.26. The molecule has 1 atom stereocenters. The van der Waals surface area contributed by atoms with Crippen LogP contribution >= 0.6 is 0 Å². The van der Waals surface area contributed by atoms with E-state index in [1.54, 1.807) is 0 Å². The van der Waals surface area contributed by atoms with Crippen LogP contribution in [0, 0.1) is 5.82 Å². The summed E-state index contributed by atoms with van der Waals surface area (Å²) in [4.78, 5) is 11.4. The van der Waals surface area contributed by atoms with Crippen molar-refractivity contribution < 1.29 is 27.1 Å². The summed E-state index contributed by atoms with van der Waals surface area (Å²) in [7, 11) is 0. The molecule has 0 bridgehead atoms. The molecule has 1 unspecified atom stereocenters. The Labute approximate surface area is 101 Å². The van der Waals surface area contributed by atoms with Gasteiger partial charge in [0.25, 0.3) is 0 Å². The normalized spacial score (nSPS) is 15.0. The van der Waals surface area contributed by atoms with E-state index in [-0.39, 0.29) is 6.61 Å². The van der Waals surface area contributed by atoms with E-state index in [1.165, 1.54) is 6.92 Å². The fourth-order valence-electron chi connectivity index (χ4n) is 1.38. The first-order chi connectivity index (χ1) is 8.23. The van der Waals surface area contributed by atoms with Crippen molar-refractivity contribution in [1.82, 2.24) is 0 Å². The van der Waals surface area contributed by atoms with Gasteiger partial charge in [-0.05, 0) is 24.6 Å². The zero-order valence-corrected chi connectivity index (χ0v) is 9.42. The number of alkyl halides is 3. The van der Waals surface area contributed by atoms with E-state index in [0.717, 1.165) is 18.2 Å². The first-order valence-electron chi connectivity index (χ1n) is 5.02. The number of hydrogen-bond donors (Lipinski definition) is 1. The van der Waals surface area contributed by atoms with E-state index < -0.39 is 29.1 Å². The lowest BCUT2D eigenvalue weighted by Crippen LogP contribution is -2.57. The molecule has 0 radical (unpaired) electrons. The zero-order chi connectivity index (χ0) is 14.0. The predicted octanol–water partition coefficient (Wildman–Crippen LogP) is 2.11. The summed E-state index contributed by atoms with van der Waals surface area (Å²) < 4.78 is 56.1. The number of ether oxygens (including phenoxy) is 1. The first kappa shape index (κ1) is 14.4. The standard InChI is InChI=1S/C11H11F4NO2/c1-2-18-9(17)10(16,11(13,14)15)7-4-3-5-8(12)6-7/h3-6H,2,16H2,1H3. The molecule has 1 aromatic carbocycles. The molecule has 0 heterocycles. The van der Waals surface area contributed by atoms with E-state index in [2.05, 4.69) is 4.74 Å². The fraction of sp³-hybridized carbons (Fsp3) is 0.364. The lowest BCUT2D eigenvalue weighted by Gasteiger charge is -2.29. The van der Waals surface area contributed by atoms with Crippen molar-refractivity contribution in [3.05, 3.63) is 35.6 Å². The minimum Gasteiger partial charge on any atom is -0.464 e. The number of benzene rings is 1. The summed E-state index contributed by atoms with van der Waals surface area (Å²) in [5, 5.41) is 0. The molecule has 3 nitrogen and oxygen atoms in total. The largest absolute Gasteiger partial charge is 0.464 e. The molecule has 2 N–H and O–H groups in total. The highest BCUT2D eigenvalue weighted by Gasteiger charge is 2.60. The van der Waals surface area contributed by atoms with Crippen molar-refractivity contribution in [1.29, 1.82) is 0 Å². The van der Waals surface area contributed by atoms with Crippen molar-refractivity contribution in [2.45, 2.75) is 18.6 Å². The van der Waals surface area contributed by atoms with Crippen LogP contribution in [0.2, 0.25) is 0 Å². The van der Waals surface area contributed by atoms with Crippen molar-refractivity contribution in [3.63, 3.8) is 0 Å². The van der Waals surface area contributed by atoms with Gasteiger partial charge in [-0.1, -0.05) is 12.1 Å².